The van der Waals surface area contributed by atoms with Gasteiger partial charge in [-0.1, -0.05) is 67.3 Å². The highest BCUT2D eigenvalue weighted by Gasteiger charge is 2.18. The van der Waals surface area contributed by atoms with Gasteiger partial charge in [0.25, 0.3) is 0 Å². The summed E-state index contributed by atoms with van der Waals surface area (Å²) < 4.78 is 19.0. The Balaban J connectivity index is 1.72. The van der Waals surface area contributed by atoms with Gasteiger partial charge in [-0.2, -0.15) is 0 Å². The van der Waals surface area contributed by atoms with Gasteiger partial charge < -0.3 is 18.8 Å². The fourth-order valence-corrected chi connectivity index (χ4v) is 3.72. The van der Waals surface area contributed by atoms with Crippen molar-refractivity contribution in [3.8, 4) is 28.6 Å². The minimum absolute atomic E-state index is 0.484. The van der Waals surface area contributed by atoms with Crippen molar-refractivity contribution in [1.29, 1.82) is 0 Å². The average molecular weight is 453 g/mol. The van der Waals surface area contributed by atoms with Crippen molar-refractivity contribution in [2.24, 2.45) is 0 Å². The van der Waals surface area contributed by atoms with Crippen LogP contribution >= 0.6 is 0 Å². The van der Waals surface area contributed by atoms with E-state index in [9.17, 15) is 0 Å². The van der Waals surface area contributed by atoms with Crippen LogP contribution in [0.2, 0.25) is 0 Å². The number of rotatable bonds is 10. The molecule has 34 heavy (non-hydrogen) atoms. The zero-order valence-corrected chi connectivity index (χ0v) is 19.5. The highest BCUT2D eigenvalue weighted by atomic mass is 16.5. The third-order valence-electron chi connectivity index (χ3n) is 5.40. The highest BCUT2D eigenvalue weighted by molar-refractivity contribution is 5.83. The van der Waals surface area contributed by atoms with Crippen molar-refractivity contribution in [3.63, 3.8) is 0 Å². The molecule has 0 aliphatic carbocycles. The molecule has 0 atom stereocenters. The summed E-state index contributed by atoms with van der Waals surface area (Å²) in [7, 11) is 3.32. The first-order chi connectivity index (χ1) is 16.7. The number of hydrogen-bond donors (Lipinski definition) is 0. The molecule has 5 nitrogen and oxygen atoms in total. The highest BCUT2D eigenvalue weighted by Crippen LogP contribution is 2.37. The first kappa shape index (κ1) is 22.9. The third kappa shape index (κ3) is 5.38. The molecule has 0 saturated carbocycles. The number of aromatic nitrogens is 2. The van der Waals surface area contributed by atoms with E-state index in [1.165, 1.54) is 5.56 Å². The summed E-state index contributed by atoms with van der Waals surface area (Å²) in [5.74, 6) is 3.06. The molecule has 0 saturated heterocycles. The van der Waals surface area contributed by atoms with Crippen LogP contribution in [0.1, 0.15) is 16.7 Å². The van der Waals surface area contributed by atoms with E-state index >= 15 is 0 Å². The molecule has 3 aromatic carbocycles. The molecular weight excluding hydrogens is 424 g/mol. The number of hydrogen-bond acceptors (Lipinski definition) is 4. The van der Waals surface area contributed by atoms with Crippen molar-refractivity contribution >= 4 is 12.2 Å². The van der Waals surface area contributed by atoms with Gasteiger partial charge in [0.2, 0.25) is 0 Å². The monoisotopic (exact) mass is 452 g/mol. The Hall–Kier alpha value is -4.25. The first-order valence-electron chi connectivity index (χ1n) is 11.0. The number of imidazole rings is 1. The Bertz CT molecular complexity index is 1260. The second-order valence-electron chi connectivity index (χ2n) is 7.66. The first-order valence-corrected chi connectivity index (χ1v) is 11.0. The molecule has 0 fully saturated rings. The van der Waals surface area contributed by atoms with E-state index < -0.39 is 0 Å². The van der Waals surface area contributed by atoms with Crippen LogP contribution in [0, 0.1) is 0 Å². The molecule has 172 valence electrons. The summed E-state index contributed by atoms with van der Waals surface area (Å²) in [6.07, 6.45) is 9.65. The number of nitrogens with zero attached hydrogens (tertiary/aromatic N) is 2. The molecule has 1 heterocycles. The SMILES string of the molecule is C=CCOc1ccc(C=Cc2cc(OC)cc(OC)c2-c2nccn2Cc2ccccc2)cc1. The molecular formula is C29H28N2O3. The molecule has 4 aromatic rings. The number of ether oxygens (including phenoxy) is 3. The van der Waals surface area contributed by atoms with Crippen molar-refractivity contribution < 1.29 is 14.2 Å². The van der Waals surface area contributed by atoms with Gasteiger partial charge in [0.15, 0.2) is 0 Å². The summed E-state index contributed by atoms with van der Waals surface area (Å²) in [5, 5.41) is 0. The lowest BCUT2D eigenvalue weighted by Gasteiger charge is -2.16. The van der Waals surface area contributed by atoms with Crippen molar-refractivity contribution in [2.45, 2.75) is 6.54 Å². The van der Waals surface area contributed by atoms with E-state index in [-0.39, 0.29) is 0 Å². The van der Waals surface area contributed by atoms with Gasteiger partial charge in [-0.3, -0.25) is 0 Å². The van der Waals surface area contributed by atoms with Gasteiger partial charge in [0.05, 0.1) is 19.8 Å². The van der Waals surface area contributed by atoms with Gasteiger partial charge in [-0.25, -0.2) is 4.98 Å². The molecule has 0 unspecified atom stereocenters. The predicted molar refractivity (Wildman–Crippen MR) is 137 cm³/mol. The summed E-state index contributed by atoms with van der Waals surface area (Å²) >= 11 is 0. The Labute approximate surface area is 200 Å². The molecule has 0 aliphatic heterocycles. The van der Waals surface area contributed by atoms with E-state index in [1.54, 1.807) is 20.3 Å². The van der Waals surface area contributed by atoms with Gasteiger partial charge >= 0.3 is 0 Å². The van der Waals surface area contributed by atoms with E-state index in [1.807, 2.05) is 67.0 Å². The van der Waals surface area contributed by atoms with E-state index in [2.05, 4.69) is 40.4 Å². The fraction of sp³-hybridized carbons (Fsp3) is 0.138. The number of benzene rings is 3. The Kier molecular flexibility index (Phi) is 7.45. The summed E-state index contributed by atoms with van der Waals surface area (Å²) in [6.45, 7) is 4.87. The van der Waals surface area contributed by atoms with Gasteiger partial charge in [0.1, 0.15) is 29.7 Å². The molecule has 0 radical (unpaired) electrons. The maximum atomic E-state index is 5.77. The quantitative estimate of drug-likeness (QED) is 0.208. The molecule has 5 heteroatoms. The van der Waals surface area contributed by atoms with Crippen LogP contribution in [0.5, 0.6) is 17.2 Å². The molecule has 0 N–H and O–H groups in total. The van der Waals surface area contributed by atoms with Crippen LogP contribution < -0.4 is 14.2 Å². The van der Waals surface area contributed by atoms with Crippen LogP contribution in [0.15, 0.2) is 91.8 Å². The lowest BCUT2D eigenvalue weighted by atomic mass is 10.0. The molecule has 4 rings (SSSR count). The smallest absolute Gasteiger partial charge is 0.144 e. The topological polar surface area (TPSA) is 45.5 Å². The zero-order chi connectivity index (χ0) is 23.8. The summed E-state index contributed by atoms with van der Waals surface area (Å²) in [6, 6.07) is 22.1. The summed E-state index contributed by atoms with van der Waals surface area (Å²) in [4.78, 5) is 4.69. The molecule has 0 spiro atoms. The maximum absolute atomic E-state index is 5.77. The van der Waals surface area contributed by atoms with Gasteiger partial charge in [-0.15, -0.1) is 0 Å². The third-order valence-corrected chi connectivity index (χ3v) is 5.40. The van der Waals surface area contributed by atoms with Crippen molar-refractivity contribution in [3.05, 3.63) is 108 Å². The molecule has 0 amide bonds. The zero-order valence-electron chi connectivity index (χ0n) is 19.5. The number of methoxy groups -OCH3 is 2. The van der Waals surface area contributed by atoms with Crippen LogP contribution in [0.25, 0.3) is 23.5 Å². The minimum atomic E-state index is 0.484. The Morgan fingerprint density at radius 2 is 1.71 bits per heavy atom. The van der Waals surface area contributed by atoms with Gasteiger partial charge in [0, 0.05) is 25.0 Å². The van der Waals surface area contributed by atoms with Crippen molar-refractivity contribution in [2.75, 3.05) is 20.8 Å². The molecule has 0 bridgehead atoms. The molecule has 1 aromatic heterocycles. The lowest BCUT2D eigenvalue weighted by molar-refractivity contribution is 0.363. The standard InChI is InChI=1S/C29H28N2O3/c1-4-18-34-25-14-11-22(12-15-25)10-13-24-19-26(32-2)20-27(33-3)28(24)29-30-16-17-31(29)21-23-8-6-5-7-9-23/h4-17,19-20H,1,18,21H2,2-3H3. The van der Waals surface area contributed by atoms with Gasteiger partial charge in [-0.05, 0) is 34.9 Å². The molecule has 0 aliphatic rings. The van der Waals surface area contributed by atoms with Crippen LogP contribution in [0.4, 0.5) is 0 Å². The fourth-order valence-electron chi connectivity index (χ4n) is 3.72. The van der Waals surface area contributed by atoms with E-state index in [4.69, 9.17) is 14.2 Å². The lowest BCUT2D eigenvalue weighted by Crippen LogP contribution is -2.03. The Morgan fingerprint density at radius 1 is 0.912 bits per heavy atom. The largest absolute Gasteiger partial charge is 0.497 e. The predicted octanol–water partition coefficient (Wildman–Crippen LogP) is 6.35. The van der Waals surface area contributed by atoms with Crippen LogP contribution in [-0.4, -0.2) is 30.4 Å². The second-order valence-corrected chi connectivity index (χ2v) is 7.66. The van der Waals surface area contributed by atoms with Crippen molar-refractivity contribution in [1.82, 2.24) is 9.55 Å². The second kappa shape index (κ2) is 11.1. The van der Waals surface area contributed by atoms with E-state index in [0.29, 0.717) is 18.9 Å². The minimum Gasteiger partial charge on any atom is -0.497 e. The van der Waals surface area contributed by atoms with Crippen LogP contribution in [0.3, 0.4) is 0 Å². The van der Waals surface area contributed by atoms with E-state index in [0.717, 1.165) is 34.0 Å². The van der Waals surface area contributed by atoms with Crippen LogP contribution in [-0.2, 0) is 6.54 Å². The average Bonchev–Trinajstić information content (AvgIpc) is 3.34. The Morgan fingerprint density at radius 3 is 2.41 bits per heavy atom. The maximum Gasteiger partial charge on any atom is 0.144 e. The normalized spacial score (nSPS) is 10.9. The summed E-state index contributed by atoms with van der Waals surface area (Å²) in [5.41, 5.74) is 4.10.